The number of carboxylic acids is 1. The lowest BCUT2D eigenvalue weighted by Crippen LogP contribution is -1.81. The molecule has 3 heteroatoms. The molecule has 0 atom stereocenters. The molecule has 12 heavy (non-hydrogen) atoms. The molecule has 0 saturated carbocycles. The molecule has 0 aliphatic heterocycles. The van der Waals surface area contributed by atoms with Crippen LogP contribution in [0.2, 0.25) is 0 Å². The summed E-state index contributed by atoms with van der Waals surface area (Å²) in [7, 11) is 0. The standard InChI is InChI=1S/C7H9N.C2H4O2/c1-6-2-4-7(8)5-3-6;1-2(3)4/h2-5H,8H2,1H3;1H3,(H,3,4). The highest BCUT2D eigenvalue weighted by Gasteiger charge is 1.80. The zero-order valence-corrected chi connectivity index (χ0v) is 7.24. The summed E-state index contributed by atoms with van der Waals surface area (Å²) in [6, 6.07) is 7.79. The Bertz CT molecular complexity index is 216. The van der Waals surface area contributed by atoms with Gasteiger partial charge in [0.2, 0.25) is 0 Å². The van der Waals surface area contributed by atoms with Gasteiger partial charge < -0.3 is 10.8 Å². The van der Waals surface area contributed by atoms with Crippen molar-refractivity contribution in [2.75, 3.05) is 5.73 Å². The highest BCUT2D eigenvalue weighted by molar-refractivity contribution is 5.62. The first kappa shape index (κ1) is 10.5. The molecule has 0 heterocycles. The van der Waals surface area contributed by atoms with Gasteiger partial charge in [-0.25, -0.2) is 0 Å². The average Bonchev–Trinajstić information content (AvgIpc) is 1.94. The van der Waals surface area contributed by atoms with Gasteiger partial charge in [0, 0.05) is 12.6 Å². The summed E-state index contributed by atoms with van der Waals surface area (Å²) in [5, 5.41) is 7.42. The SMILES string of the molecule is CC(=O)O.Cc1ccc(N)cc1. The fourth-order valence-electron chi connectivity index (χ4n) is 0.566. The van der Waals surface area contributed by atoms with Crippen LogP contribution < -0.4 is 5.73 Å². The Morgan fingerprint density at radius 3 is 1.92 bits per heavy atom. The van der Waals surface area contributed by atoms with Crippen molar-refractivity contribution in [3.63, 3.8) is 0 Å². The Morgan fingerprint density at radius 1 is 1.33 bits per heavy atom. The number of nitrogens with two attached hydrogens (primary N) is 1. The van der Waals surface area contributed by atoms with Gasteiger partial charge in [0.05, 0.1) is 0 Å². The molecule has 3 nitrogen and oxygen atoms in total. The second-order valence-corrected chi connectivity index (χ2v) is 2.43. The minimum atomic E-state index is -0.833. The Balaban J connectivity index is 0.000000261. The monoisotopic (exact) mass is 167 g/mol. The summed E-state index contributed by atoms with van der Waals surface area (Å²) in [4.78, 5) is 9.00. The van der Waals surface area contributed by atoms with Crippen LogP contribution in [0.3, 0.4) is 0 Å². The van der Waals surface area contributed by atoms with Crippen molar-refractivity contribution in [1.29, 1.82) is 0 Å². The van der Waals surface area contributed by atoms with Crippen LogP contribution >= 0.6 is 0 Å². The van der Waals surface area contributed by atoms with E-state index in [1.807, 2.05) is 31.2 Å². The topological polar surface area (TPSA) is 63.3 Å². The fourth-order valence-corrected chi connectivity index (χ4v) is 0.566. The number of nitrogen functional groups attached to an aromatic ring is 1. The Kier molecular flexibility index (Phi) is 4.53. The maximum absolute atomic E-state index is 9.00. The van der Waals surface area contributed by atoms with Crippen LogP contribution in [0.15, 0.2) is 24.3 Å². The number of hydrogen-bond donors (Lipinski definition) is 2. The third-order valence-corrected chi connectivity index (χ3v) is 1.08. The van der Waals surface area contributed by atoms with Crippen LogP contribution in [0.5, 0.6) is 0 Å². The van der Waals surface area contributed by atoms with E-state index in [1.54, 1.807) is 0 Å². The Hall–Kier alpha value is -1.51. The van der Waals surface area contributed by atoms with Crippen molar-refractivity contribution in [1.82, 2.24) is 0 Å². The fraction of sp³-hybridized carbons (Fsp3) is 0.222. The van der Waals surface area contributed by atoms with Crippen LogP contribution in [0.1, 0.15) is 12.5 Å². The Labute approximate surface area is 71.8 Å². The number of anilines is 1. The van der Waals surface area contributed by atoms with E-state index < -0.39 is 5.97 Å². The van der Waals surface area contributed by atoms with Crippen LogP contribution in [0.25, 0.3) is 0 Å². The summed E-state index contributed by atoms with van der Waals surface area (Å²) in [5.41, 5.74) is 7.51. The molecule has 0 aromatic heterocycles. The van der Waals surface area contributed by atoms with E-state index in [0.717, 1.165) is 12.6 Å². The molecular weight excluding hydrogens is 154 g/mol. The van der Waals surface area contributed by atoms with Crippen LogP contribution in [0.4, 0.5) is 5.69 Å². The smallest absolute Gasteiger partial charge is 0.300 e. The van der Waals surface area contributed by atoms with Gasteiger partial charge in [-0.05, 0) is 19.1 Å². The molecule has 0 aliphatic rings. The lowest BCUT2D eigenvalue weighted by molar-refractivity contribution is -0.134. The van der Waals surface area contributed by atoms with Crippen molar-refractivity contribution in [2.24, 2.45) is 0 Å². The predicted molar refractivity (Wildman–Crippen MR) is 48.9 cm³/mol. The van der Waals surface area contributed by atoms with E-state index in [-0.39, 0.29) is 0 Å². The summed E-state index contributed by atoms with van der Waals surface area (Å²) in [6.45, 7) is 3.12. The highest BCUT2D eigenvalue weighted by Crippen LogP contribution is 2.02. The quantitative estimate of drug-likeness (QED) is 0.578. The van der Waals surface area contributed by atoms with Crippen molar-refractivity contribution in [3.8, 4) is 0 Å². The second kappa shape index (κ2) is 5.18. The zero-order chi connectivity index (χ0) is 9.56. The molecule has 1 aromatic carbocycles. The number of carboxylic acid groups (broad SMARTS) is 1. The molecule has 66 valence electrons. The number of aryl methyl sites for hydroxylation is 1. The molecular formula is C9H13NO2. The van der Waals surface area contributed by atoms with E-state index in [4.69, 9.17) is 15.6 Å². The summed E-state index contributed by atoms with van der Waals surface area (Å²) >= 11 is 0. The average molecular weight is 167 g/mol. The molecule has 0 fully saturated rings. The zero-order valence-electron chi connectivity index (χ0n) is 7.24. The number of rotatable bonds is 0. The number of carbonyl (C=O) groups is 1. The molecule has 3 N–H and O–H groups in total. The van der Waals surface area contributed by atoms with Gasteiger partial charge in [-0.2, -0.15) is 0 Å². The first-order chi connectivity index (χ1) is 5.52. The Morgan fingerprint density at radius 2 is 1.67 bits per heavy atom. The maximum atomic E-state index is 9.00. The van der Waals surface area contributed by atoms with Crippen molar-refractivity contribution in [3.05, 3.63) is 29.8 Å². The minimum Gasteiger partial charge on any atom is -0.481 e. The highest BCUT2D eigenvalue weighted by atomic mass is 16.4. The van der Waals surface area contributed by atoms with Gasteiger partial charge in [-0.15, -0.1) is 0 Å². The van der Waals surface area contributed by atoms with E-state index >= 15 is 0 Å². The third kappa shape index (κ3) is 6.61. The summed E-state index contributed by atoms with van der Waals surface area (Å²) in [6.07, 6.45) is 0. The van der Waals surface area contributed by atoms with Crippen molar-refractivity contribution >= 4 is 11.7 Å². The van der Waals surface area contributed by atoms with E-state index in [9.17, 15) is 0 Å². The van der Waals surface area contributed by atoms with Crippen LogP contribution in [0, 0.1) is 6.92 Å². The largest absolute Gasteiger partial charge is 0.481 e. The van der Waals surface area contributed by atoms with E-state index in [1.165, 1.54) is 5.56 Å². The van der Waals surface area contributed by atoms with Gasteiger partial charge in [-0.1, -0.05) is 17.7 Å². The predicted octanol–water partition coefficient (Wildman–Crippen LogP) is 1.67. The molecule has 1 rings (SSSR count). The number of hydrogen-bond acceptors (Lipinski definition) is 2. The summed E-state index contributed by atoms with van der Waals surface area (Å²) in [5.74, 6) is -0.833. The van der Waals surface area contributed by atoms with Gasteiger partial charge in [0.15, 0.2) is 0 Å². The lowest BCUT2D eigenvalue weighted by atomic mass is 10.2. The van der Waals surface area contributed by atoms with Gasteiger partial charge >= 0.3 is 0 Å². The molecule has 0 unspecified atom stereocenters. The van der Waals surface area contributed by atoms with Gasteiger partial charge in [0.1, 0.15) is 0 Å². The normalized spacial score (nSPS) is 8.17. The van der Waals surface area contributed by atoms with Gasteiger partial charge in [-0.3, -0.25) is 4.79 Å². The molecule has 0 amide bonds. The lowest BCUT2D eigenvalue weighted by Gasteiger charge is -1.90. The first-order valence-electron chi connectivity index (χ1n) is 3.54. The molecule has 0 aliphatic carbocycles. The van der Waals surface area contributed by atoms with Crippen LogP contribution in [-0.2, 0) is 4.79 Å². The maximum Gasteiger partial charge on any atom is 0.300 e. The third-order valence-electron chi connectivity index (χ3n) is 1.08. The second-order valence-electron chi connectivity index (χ2n) is 2.43. The molecule has 0 saturated heterocycles. The minimum absolute atomic E-state index is 0.829. The summed E-state index contributed by atoms with van der Waals surface area (Å²) < 4.78 is 0. The first-order valence-corrected chi connectivity index (χ1v) is 3.54. The van der Waals surface area contributed by atoms with Crippen molar-refractivity contribution < 1.29 is 9.90 Å². The van der Waals surface area contributed by atoms with Gasteiger partial charge in [0.25, 0.3) is 5.97 Å². The van der Waals surface area contributed by atoms with E-state index in [2.05, 4.69) is 0 Å². The number of aliphatic carboxylic acids is 1. The molecule has 0 spiro atoms. The van der Waals surface area contributed by atoms with Crippen LogP contribution in [-0.4, -0.2) is 11.1 Å². The van der Waals surface area contributed by atoms with Crippen molar-refractivity contribution in [2.45, 2.75) is 13.8 Å². The molecule has 0 radical (unpaired) electrons. The van der Waals surface area contributed by atoms with E-state index in [0.29, 0.717) is 0 Å². The molecule has 1 aromatic rings. The molecule has 0 bridgehead atoms. The number of benzene rings is 1.